The summed E-state index contributed by atoms with van der Waals surface area (Å²) in [4.78, 5) is 31.2. The maximum atomic E-state index is 13.6. The molecule has 0 saturated carbocycles. The first-order valence-corrected chi connectivity index (χ1v) is 12.4. The molecule has 0 aliphatic carbocycles. The topological polar surface area (TPSA) is 59.1 Å². The molecule has 0 bridgehead atoms. The third-order valence-electron chi connectivity index (χ3n) is 5.66. The number of thiophene rings is 1. The monoisotopic (exact) mass is 498 g/mol. The van der Waals surface area contributed by atoms with E-state index in [1.54, 1.807) is 45.4 Å². The van der Waals surface area contributed by atoms with E-state index in [9.17, 15) is 9.59 Å². The lowest BCUT2D eigenvalue weighted by Gasteiger charge is -2.28. The van der Waals surface area contributed by atoms with Gasteiger partial charge in [-0.1, -0.05) is 24.6 Å². The molecular weight excluding hydrogens is 472 g/mol. The average molecular weight is 499 g/mol. The predicted octanol–water partition coefficient (Wildman–Crippen LogP) is 5.52. The van der Waals surface area contributed by atoms with Gasteiger partial charge in [0.25, 0.3) is 5.91 Å². The summed E-state index contributed by atoms with van der Waals surface area (Å²) in [5, 5.41) is 2.59. The van der Waals surface area contributed by atoms with E-state index in [1.165, 1.54) is 0 Å². The summed E-state index contributed by atoms with van der Waals surface area (Å²) in [7, 11) is 0. The Bertz CT molecular complexity index is 1160. The van der Waals surface area contributed by atoms with Crippen molar-refractivity contribution >= 4 is 34.8 Å². The second-order valence-electron chi connectivity index (χ2n) is 8.20. The standard InChI is InChI=1S/C26H27ClN2O4S/c1-3-11-28(26(31)20-5-7-21(27)8-6-20)16-25(30)29(15-24-18(2)10-12-34-24)14-19-4-9-22-23(13-19)33-17-32-22/h4-10,12-13H,3,11,14-17H2,1-2H3. The van der Waals surface area contributed by atoms with Gasteiger partial charge < -0.3 is 19.3 Å². The van der Waals surface area contributed by atoms with E-state index in [2.05, 4.69) is 6.07 Å². The third kappa shape index (κ3) is 5.72. The van der Waals surface area contributed by atoms with E-state index in [0.717, 1.165) is 22.4 Å². The normalized spacial score (nSPS) is 12.0. The Kier molecular flexibility index (Phi) is 7.75. The molecule has 6 nitrogen and oxygen atoms in total. The number of halogens is 1. The molecule has 3 aromatic rings. The maximum Gasteiger partial charge on any atom is 0.254 e. The first-order valence-electron chi connectivity index (χ1n) is 11.2. The van der Waals surface area contributed by atoms with E-state index >= 15 is 0 Å². The first-order chi connectivity index (χ1) is 16.4. The number of carbonyl (C=O) groups excluding carboxylic acids is 2. The molecule has 4 rings (SSSR count). The van der Waals surface area contributed by atoms with Gasteiger partial charge in [-0.2, -0.15) is 0 Å². The molecule has 0 unspecified atom stereocenters. The summed E-state index contributed by atoms with van der Waals surface area (Å²) < 4.78 is 10.9. The molecule has 1 aliphatic heterocycles. The fraction of sp³-hybridized carbons (Fsp3) is 0.308. The van der Waals surface area contributed by atoms with Crippen LogP contribution < -0.4 is 9.47 Å². The van der Waals surface area contributed by atoms with Crippen molar-refractivity contribution in [1.29, 1.82) is 0 Å². The number of hydrogen-bond acceptors (Lipinski definition) is 5. The third-order valence-corrected chi connectivity index (χ3v) is 6.92. The van der Waals surface area contributed by atoms with Crippen LogP contribution in [0.4, 0.5) is 0 Å². The maximum absolute atomic E-state index is 13.6. The van der Waals surface area contributed by atoms with Gasteiger partial charge in [-0.3, -0.25) is 9.59 Å². The molecule has 0 spiro atoms. The molecule has 0 saturated heterocycles. The molecule has 1 aromatic heterocycles. The molecule has 8 heteroatoms. The van der Waals surface area contributed by atoms with Crippen LogP contribution in [-0.4, -0.2) is 41.5 Å². The zero-order valence-electron chi connectivity index (χ0n) is 19.3. The Morgan fingerprint density at radius 1 is 1.00 bits per heavy atom. The van der Waals surface area contributed by atoms with Crippen LogP contribution in [0.2, 0.25) is 5.02 Å². The van der Waals surface area contributed by atoms with Crippen LogP contribution in [0.25, 0.3) is 0 Å². The van der Waals surface area contributed by atoms with Crippen molar-refractivity contribution in [3.63, 3.8) is 0 Å². The summed E-state index contributed by atoms with van der Waals surface area (Å²) in [6, 6.07) is 14.5. The van der Waals surface area contributed by atoms with Gasteiger partial charge in [0.1, 0.15) is 6.54 Å². The predicted molar refractivity (Wildman–Crippen MR) is 134 cm³/mol. The highest BCUT2D eigenvalue weighted by Crippen LogP contribution is 2.33. The Morgan fingerprint density at radius 3 is 2.47 bits per heavy atom. The number of ether oxygens (including phenoxy) is 2. The van der Waals surface area contributed by atoms with Gasteiger partial charge in [0.05, 0.1) is 6.54 Å². The minimum atomic E-state index is -0.179. The number of benzene rings is 2. The molecule has 0 atom stereocenters. The van der Waals surface area contributed by atoms with E-state index in [1.807, 2.05) is 37.4 Å². The molecule has 2 aromatic carbocycles. The van der Waals surface area contributed by atoms with Crippen molar-refractivity contribution in [1.82, 2.24) is 9.80 Å². The first kappa shape index (κ1) is 24.1. The molecule has 0 radical (unpaired) electrons. The minimum absolute atomic E-state index is 0.00424. The number of rotatable bonds is 9. The van der Waals surface area contributed by atoms with Crippen molar-refractivity contribution in [2.75, 3.05) is 19.9 Å². The Labute approximate surface area is 208 Å². The number of fused-ring (bicyclic) bond motifs is 1. The quantitative estimate of drug-likeness (QED) is 0.390. The fourth-order valence-corrected chi connectivity index (χ4v) is 4.84. The van der Waals surface area contributed by atoms with Crippen molar-refractivity contribution in [3.05, 3.63) is 80.5 Å². The van der Waals surface area contributed by atoms with Gasteiger partial charge in [-0.15, -0.1) is 11.3 Å². The molecule has 0 fully saturated rings. The van der Waals surface area contributed by atoms with Crippen LogP contribution in [-0.2, 0) is 17.9 Å². The smallest absolute Gasteiger partial charge is 0.254 e. The molecule has 1 aliphatic rings. The molecule has 178 valence electrons. The second-order valence-corrected chi connectivity index (χ2v) is 9.63. The summed E-state index contributed by atoms with van der Waals surface area (Å²) in [6.45, 7) is 5.62. The van der Waals surface area contributed by atoms with E-state index < -0.39 is 0 Å². The lowest BCUT2D eigenvalue weighted by molar-refractivity contribution is -0.133. The summed E-state index contributed by atoms with van der Waals surface area (Å²) in [5.74, 6) is 1.10. The number of hydrogen-bond donors (Lipinski definition) is 0. The van der Waals surface area contributed by atoms with Crippen LogP contribution in [0.3, 0.4) is 0 Å². The minimum Gasteiger partial charge on any atom is -0.454 e. The highest BCUT2D eigenvalue weighted by molar-refractivity contribution is 7.10. The van der Waals surface area contributed by atoms with Crippen molar-refractivity contribution in [2.45, 2.75) is 33.4 Å². The number of nitrogens with zero attached hydrogens (tertiary/aromatic N) is 2. The van der Waals surface area contributed by atoms with Gasteiger partial charge >= 0.3 is 0 Å². The van der Waals surface area contributed by atoms with Gasteiger partial charge in [0, 0.05) is 28.6 Å². The lowest BCUT2D eigenvalue weighted by Crippen LogP contribution is -2.42. The molecular formula is C26H27ClN2O4S. The summed E-state index contributed by atoms with van der Waals surface area (Å²) in [5.41, 5.74) is 2.61. The summed E-state index contributed by atoms with van der Waals surface area (Å²) in [6.07, 6.45) is 0.749. The molecule has 2 amide bonds. The second kappa shape index (κ2) is 10.9. The van der Waals surface area contributed by atoms with Crippen molar-refractivity contribution in [3.8, 4) is 11.5 Å². The van der Waals surface area contributed by atoms with E-state index in [4.69, 9.17) is 21.1 Å². The van der Waals surface area contributed by atoms with Gasteiger partial charge in [-0.25, -0.2) is 0 Å². The average Bonchev–Trinajstić information content (AvgIpc) is 3.46. The SMILES string of the molecule is CCCN(CC(=O)N(Cc1ccc2c(c1)OCO2)Cc1sccc1C)C(=O)c1ccc(Cl)cc1. The zero-order valence-corrected chi connectivity index (χ0v) is 20.8. The molecule has 34 heavy (non-hydrogen) atoms. The molecule has 2 heterocycles. The Hall–Kier alpha value is -3.03. The van der Waals surface area contributed by atoms with E-state index in [-0.39, 0.29) is 25.2 Å². The van der Waals surface area contributed by atoms with Crippen LogP contribution in [0.1, 0.15) is 39.7 Å². The van der Waals surface area contributed by atoms with Gasteiger partial charge in [-0.05, 0) is 72.3 Å². The lowest BCUT2D eigenvalue weighted by atomic mass is 10.1. The number of carbonyl (C=O) groups is 2. The number of aryl methyl sites for hydroxylation is 1. The highest BCUT2D eigenvalue weighted by Gasteiger charge is 2.24. The number of amides is 2. The van der Waals surface area contributed by atoms with Crippen molar-refractivity contribution < 1.29 is 19.1 Å². The largest absolute Gasteiger partial charge is 0.454 e. The van der Waals surface area contributed by atoms with Crippen LogP contribution >= 0.6 is 22.9 Å². The highest BCUT2D eigenvalue weighted by atomic mass is 35.5. The summed E-state index contributed by atoms with van der Waals surface area (Å²) >= 11 is 7.60. The van der Waals surface area contributed by atoms with Gasteiger partial charge in [0.2, 0.25) is 12.7 Å². The van der Waals surface area contributed by atoms with Crippen molar-refractivity contribution in [2.24, 2.45) is 0 Å². The van der Waals surface area contributed by atoms with Crippen LogP contribution in [0.15, 0.2) is 53.9 Å². The van der Waals surface area contributed by atoms with Crippen LogP contribution in [0.5, 0.6) is 11.5 Å². The Morgan fingerprint density at radius 2 is 1.76 bits per heavy atom. The Balaban J connectivity index is 1.54. The zero-order chi connectivity index (χ0) is 24.1. The van der Waals surface area contributed by atoms with Crippen LogP contribution in [0, 0.1) is 6.92 Å². The molecule has 0 N–H and O–H groups in total. The van der Waals surface area contributed by atoms with Gasteiger partial charge in [0.15, 0.2) is 11.5 Å². The van der Waals surface area contributed by atoms with E-state index in [0.29, 0.717) is 41.7 Å². The fourth-order valence-electron chi connectivity index (χ4n) is 3.79.